The molecule has 0 fully saturated rings. The first kappa shape index (κ1) is 22.4. The van der Waals surface area contributed by atoms with Crippen molar-refractivity contribution in [3.63, 3.8) is 0 Å². The highest BCUT2D eigenvalue weighted by Crippen LogP contribution is 2.25. The Kier molecular flexibility index (Phi) is 6.36. The largest absolute Gasteiger partial charge is 0.485 e. The number of benzene rings is 2. The molecule has 4 rings (SSSR count). The van der Waals surface area contributed by atoms with Crippen LogP contribution in [0.2, 0.25) is 0 Å². The van der Waals surface area contributed by atoms with Crippen LogP contribution in [0.5, 0.6) is 5.75 Å². The summed E-state index contributed by atoms with van der Waals surface area (Å²) >= 11 is 0. The van der Waals surface area contributed by atoms with Gasteiger partial charge in [0, 0.05) is 0 Å². The lowest BCUT2D eigenvalue weighted by Gasteiger charge is -2.10. The molecule has 2 aromatic carbocycles. The van der Waals surface area contributed by atoms with Gasteiger partial charge in [0.05, 0.1) is 23.6 Å². The molecule has 4 aromatic rings. The van der Waals surface area contributed by atoms with Crippen LogP contribution >= 0.6 is 0 Å². The van der Waals surface area contributed by atoms with Gasteiger partial charge in [-0.3, -0.25) is 9.48 Å². The highest BCUT2D eigenvalue weighted by atomic mass is 16.5. The summed E-state index contributed by atoms with van der Waals surface area (Å²) < 4.78 is 13.6. The smallest absolute Gasteiger partial charge is 0.291 e. The number of carbonyl (C=O) groups excluding carboxylic acids is 1. The molecular formula is C27H29N3O3. The molecule has 0 unspecified atom stereocenters. The van der Waals surface area contributed by atoms with E-state index in [9.17, 15) is 4.79 Å². The van der Waals surface area contributed by atoms with Crippen LogP contribution in [0.4, 0.5) is 5.69 Å². The summed E-state index contributed by atoms with van der Waals surface area (Å²) in [6.07, 6.45) is 0. The normalized spacial score (nSPS) is 10.9. The topological polar surface area (TPSA) is 69.3 Å². The molecule has 1 N–H and O–H groups in total. The number of carbonyl (C=O) groups is 1. The summed E-state index contributed by atoms with van der Waals surface area (Å²) in [5.41, 5.74) is 6.86. The van der Waals surface area contributed by atoms with Crippen molar-refractivity contribution < 1.29 is 13.9 Å². The molecule has 0 radical (unpaired) electrons. The standard InChI is InChI=1S/C27H29N3O3/c1-17-9-11-22(12-10-17)15-30-21(5)25(20(4)29-30)28-27(31)24-14-13-23(33-24)16-32-26-18(2)7-6-8-19(26)3/h6-14H,15-16H2,1-5H3,(H,28,31). The van der Waals surface area contributed by atoms with Crippen molar-refractivity contribution in [3.05, 3.63) is 99.8 Å². The number of hydrogen-bond acceptors (Lipinski definition) is 4. The number of nitrogens with one attached hydrogen (secondary N) is 1. The number of furan rings is 1. The zero-order valence-electron chi connectivity index (χ0n) is 19.7. The summed E-state index contributed by atoms with van der Waals surface area (Å²) in [4.78, 5) is 12.8. The van der Waals surface area contributed by atoms with Crippen molar-refractivity contribution in [1.29, 1.82) is 0 Å². The predicted molar refractivity (Wildman–Crippen MR) is 129 cm³/mol. The third kappa shape index (κ3) is 5.00. The molecule has 2 heterocycles. The van der Waals surface area contributed by atoms with Gasteiger partial charge < -0.3 is 14.5 Å². The Hall–Kier alpha value is -3.80. The third-order valence-corrected chi connectivity index (χ3v) is 5.73. The zero-order valence-corrected chi connectivity index (χ0v) is 19.7. The summed E-state index contributed by atoms with van der Waals surface area (Å²) in [5, 5.41) is 7.57. The lowest BCUT2D eigenvalue weighted by Crippen LogP contribution is -2.12. The SMILES string of the molecule is Cc1ccc(Cn2nc(C)c(NC(=O)c3ccc(COc4c(C)cccc4C)o3)c2C)cc1. The lowest BCUT2D eigenvalue weighted by molar-refractivity contribution is 0.0992. The minimum absolute atomic E-state index is 0.236. The van der Waals surface area contributed by atoms with Gasteiger partial charge in [-0.05, 0) is 63.4 Å². The fraction of sp³-hybridized carbons (Fsp3) is 0.259. The first-order chi connectivity index (χ1) is 15.8. The number of hydrogen-bond donors (Lipinski definition) is 1. The van der Waals surface area contributed by atoms with E-state index in [1.807, 2.05) is 50.6 Å². The molecule has 0 saturated heterocycles. The van der Waals surface area contributed by atoms with E-state index in [1.54, 1.807) is 12.1 Å². The molecule has 170 valence electrons. The van der Waals surface area contributed by atoms with E-state index in [4.69, 9.17) is 9.15 Å². The van der Waals surface area contributed by atoms with E-state index in [1.165, 1.54) is 5.56 Å². The Balaban J connectivity index is 1.43. The molecule has 6 nitrogen and oxygen atoms in total. The van der Waals surface area contributed by atoms with E-state index in [0.717, 1.165) is 33.8 Å². The highest BCUT2D eigenvalue weighted by molar-refractivity contribution is 6.02. The van der Waals surface area contributed by atoms with Gasteiger partial charge in [-0.1, -0.05) is 48.0 Å². The Morgan fingerprint density at radius 3 is 2.36 bits per heavy atom. The number of anilines is 1. The Morgan fingerprint density at radius 2 is 1.67 bits per heavy atom. The Bertz CT molecular complexity index is 1260. The van der Waals surface area contributed by atoms with E-state index >= 15 is 0 Å². The van der Waals surface area contributed by atoms with Crippen LogP contribution < -0.4 is 10.1 Å². The number of ether oxygens (including phenoxy) is 1. The van der Waals surface area contributed by atoms with Gasteiger partial charge in [0.25, 0.3) is 5.91 Å². The molecule has 0 aliphatic heterocycles. The molecule has 1 amide bonds. The molecule has 0 spiro atoms. The number of rotatable bonds is 7. The number of aromatic nitrogens is 2. The molecule has 0 atom stereocenters. The summed E-state index contributed by atoms with van der Waals surface area (Å²) in [5.74, 6) is 1.35. The fourth-order valence-electron chi connectivity index (χ4n) is 3.82. The maximum absolute atomic E-state index is 12.8. The van der Waals surface area contributed by atoms with Gasteiger partial charge in [-0.15, -0.1) is 0 Å². The number of amides is 1. The quantitative estimate of drug-likeness (QED) is 0.386. The van der Waals surface area contributed by atoms with Crippen molar-refractivity contribution in [2.45, 2.75) is 47.8 Å². The molecule has 2 aromatic heterocycles. The predicted octanol–water partition coefficient (Wildman–Crippen LogP) is 5.90. The van der Waals surface area contributed by atoms with Gasteiger partial charge in [-0.2, -0.15) is 5.10 Å². The average Bonchev–Trinajstić information content (AvgIpc) is 3.35. The molecule has 0 aliphatic rings. The average molecular weight is 444 g/mol. The second-order valence-corrected chi connectivity index (χ2v) is 8.42. The van der Waals surface area contributed by atoms with Crippen LogP contribution in [0.3, 0.4) is 0 Å². The second kappa shape index (κ2) is 9.36. The number of aryl methyl sites for hydroxylation is 4. The van der Waals surface area contributed by atoms with Crippen LogP contribution in [0.15, 0.2) is 59.0 Å². The van der Waals surface area contributed by atoms with Crippen LogP contribution in [-0.4, -0.2) is 15.7 Å². The van der Waals surface area contributed by atoms with E-state index in [2.05, 4.69) is 41.6 Å². The van der Waals surface area contributed by atoms with Crippen LogP contribution in [-0.2, 0) is 13.2 Å². The maximum atomic E-state index is 12.8. The van der Waals surface area contributed by atoms with Crippen LogP contribution in [0.1, 0.15) is 50.0 Å². The number of para-hydroxylation sites is 1. The molecule has 6 heteroatoms. The first-order valence-corrected chi connectivity index (χ1v) is 11.0. The highest BCUT2D eigenvalue weighted by Gasteiger charge is 2.18. The van der Waals surface area contributed by atoms with Crippen molar-refractivity contribution in [3.8, 4) is 5.75 Å². The van der Waals surface area contributed by atoms with Crippen molar-refractivity contribution in [2.75, 3.05) is 5.32 Å². The van der Waals surface area contributed by atoms with E-state index < -0.39 is 0 Å². The first-order valence-electron chi connectivity index (χ1n) is 11.0. The maximum Gasteiger partial charge on any atom is 0.291 e. The van der Waals surface area contributed by atoms with Gasteiger partial charge in [-0.25, -0.2) is 0 Å². The van der Waals surface area contributed by atoms with Gasteiger partial charge >= 0.3 is 0 Å². The monoisotopic (exact) mass is 443 g/mol. The van der Waals surface area contributed by atoms with Gasteiger partial charge in [0.1, 0.15) is 18.1 Å². The molecule has 0 saturated carbocycles. The molecule has 0 bridgehead atoms. The van der Waals surface area contributed by atoms with Crippen molar-refractivity contribution in [1.82, 2.24) is 9.78 Å². The fourth-order valence-corrected chi connectivity index (χ4v) is 3.82. The van der Waals surface area contributed by atoms with E-state index in [0.29, 0.717) is 18.0 Å². The van der Waals surface area contributed by atoms with Gasteiger partial charge in [0.2, 0.25) is 0 Å². The summed E-state index contributed by atoms with van der Waals surface area (Å²) in [6, 6.07) is 17.8. The third-order valence-electron chi connectivity index (χ3n) is 5.73. The summed E-state index contributed by atoms with van der Waals surface area (Å²) in [7, 11) is 0. The minimum Gasteiger partial charge on any atom is -0.485 e. The van der Waals surface area contributed by atoms with Crippen LogP contribution in [0, 0.1) is 34.6 Å². The van der Waals surface area contributed by atoms with Crippen LogP contribution in [0.25, 0.3) is 0 Å². The van der Waals surface area contributed by atoms with E-state index in [-0.39, 0.29) is 18.3 Å². The summed E-state index contributed by atoms with van der Waals surface area (Å²) in [6.45, 7) is 10.8. The number of nitrogens with zero attached hydrogens (tertiary/aromatic N) is 2. The Labute approximate surface area is 194 Å². The molecule has 0 aliphatic carbocycles. The minimum atomic E-state index is -0.311. The Morgan fingerprint density at radius 1 is 0.970 bits per heavy atom. The molecule has 33 heavy (non-hydrogen) atoms. The van der Waals surface area contributed by atoms with Crippen molar-refractivity contribution >= 4 is 11.6 Å². The lowest BCUT2D eigenvalue weighted by atomic mass is 10.1. The van der Waals surface area contributed by atoms with Gasteiger partial charge in [0.15, 0.2) is 5.76 Å². The second-order valence-electron chi connectivity index (χ2n) is 8.42. The zero-order chi connectivity index (χ0) is 23.5. The van der Waals surface area contributed by atoms with Crippen molar-refractivity contribution in [2.24, 2.45) is 0 Å². The molecular weight excluding hydrogens is 414 g/mol.